The van der Waals surface area contributed by atoms with Crippen molar-refractivity contribution in [2.24, 2.45) is 5.73 Å². The van der Waals surface area contributed by atoms with Crippen molar-refractivity contribution in [2.75, 3.05) is 6.54 Å². The van der Waals surface area contributed by atoms with E-state index in [1.165, 1.54) is 12.1 Å². The van der Waals surface area contributed by atoms with Crippen molar-refractivity contribution in [2.45, 2.75) is 23.9 Å². The van der Waals surface area contributed by atoms with E-state index in [-0.39, 0.29) is 9.92 Å². The van der Waals surface area contributed by atoms with Gasteiger partial charge < -0.3 is 5.73 Å². The molecule has 2 rings (SSSR count). The second kappa shape index (κ2) is 5.04. The van der Waals surface area contributed by atoms with Crippen molar-refractivity contribution in [1.29, 1.82) is 0 Å². The molecule has 0 aliphatic carbocycles. The monoisotopic (exact) mass is 305 g/mol. The van der Waals surface area contributed by atoms with E-state index in [4.69, 9.17) is 17.3 Å². The molecule has 1 heterocycles. The number of halogens is 1. The predicted octanol–water partition coefficient (Wildman–Crippen LogP) is 1.32. The van der Waals surface area contributed by atoms with Crippen molar-refractivity contribution >= 4 is 27.3 Å². The lowest BCUT2D eigenvalue weighted by atomic mass is 10.3. The van der Waals surface area contributed by atoms with Crippen LogP contribution in [0.2, 0.25) is 5.02 Å². The lowest BCUT2D eigenvalue weighted by Crippen LogP contribution is -2.40. The highest BCUT2D eigenvalue weighted by atomic mass is 35.5. The molecule has 1 saturated heterocycles. The summed E-state index contributed by atoms with van der Waals surface area (Å²) in [7, 11) is -3.82. The summed E-state index contributed by atoms with van der Waals surface area (Å²) < 4.78 is 25.8. The number of nitro groups is 1. The molecule has 1 unspecified atom stereocenters. The summed E-state index contributed by atoms with van der Waals surface area (Å²) in [6.45, 7) is 0.319. The summed E-state index contributed by atoms with van der Waals surface area (Å²) in [5, 5.41) is 10.7. The van der Waals surface area contributed by atoms with E-state index in [0.717, 1.165) is 10.4 Å². The number of nitrogens with zero attached hydrogens (tertiary/aromatic N) is 2. The third-order valence-corrected chi connectivity index (χ3v) is 5.21. The van der Waals surface area contributed by atoms with Gasteiger partial charge in [-0.2, -0.15) is 4.31 Å². The normalized spacial score (nSPS) is 20.6. The van der Waals surface area contributed by atoms with E-state index in [2.05, 4.69) is 0 Å². The van der Waals surface area contributed by atoms with Crippen LogP contribution in [0.25, 0.3) is 0 Å². The number of benzene rings is 1. The highest BCUT2D eigenvalue weighted by molar-refractivity contribution is 7.89. The van der Waals surface area contributed by atoms with Gasteiger partial charge in [-0.05, 0) is 25.0 Å². The van der Waals surface area contributed by atoms with Crippen LogP contribution in [0.1, 0.15) is 12.8 Å². The molecule has 1 aromatic rings. The predicted molar refractivity (Wildman–Crippen MR) is 69.2 cm³/mol. The Bertz CT molecular complexity index is 619. The minimum atomic E-state index is -3.82. The Balaban J connectivity index is 2.46. The largest absolute Gasteiger partial charge is 0.315 e. The number of nitrogens with two attached hydrogens (primary N) is 1. The summed E-state index contributed by atoms with van der Waals surface area (Å²) in [6.07, 6.45) is 0.671. The molecule has 0 saturated carbocycles. The number of hydrogen-bond donors (Lipinski definition) is 1. The zero-order chi connectivity index (χ0) is 14.2. The van der Waals surface area contributed by atoms with Crippen LogP contribution in [0.5, 0.6) is 0 Å². The Morgan fingerprint density at radius 3 is 2.68 bits per heavy atom. The molecule has 2 N–H and O–H groups in total. The van der Waals surface area contributed by atoms with Crippen molar-refractivity contribution in [3.63, 3.8) is 0 Å². The topological polar surface area (TPSA) is 107 Å². The first-order valence-corrected chi connectivity index (χ1v) is 7.37. The smallest absolute Gasteiger partial charge is 0.289 e. The molecule has 7 nitrogen and oxygen atoms in total. The van der Waals surface area contributed by atoms with Gasteiger partial charge in [0.1, 0.15) is 5.02 Å². The molecule has 1 aliphatic rings. The van der Waals surface area contributed by atoms with Gasteiger partial charge in [-0.15, -0.1) is 0 Å². The van der Waals surface area contributed by atoms with Crippen LogP contribution in [-0.2, 0) is 10.0 Å². The summed E-state index contributed by atoms with van der Waals surface area (Å²) in [4.78, 5) is 9.89. The Labute approximate surface area is 115 Å². The lowest BCUT2D eigenvalue weighted by Gasteiger charge is -2.20. The van der Waals surface area contributed by atoms with Crippen molar-refractivity contribution in [1.82, 2.24) is 4.31 Å². The first kappa shape index (κ1) is 14.2. The fraction of sp³-hybridized carbons (Fsp3) is 0.400. The van der Waals surface area contributed by atoms with E-state index in [9.17, 15) is 18.5 Å². The van der Waals surface area contributed by atoms with Gasteiger partial charge in [0.25, 0.3) is 5.69 Å². The van der Waals surface area contributed by atoms with E-state index >= 15 is 0 Å². The second-order valence-electron chi connectivity index (χ2n) is 4.20. The second-order valence-corrected chi connectivity index (χ2v) is 6.49. The van der Waals surface area contributed by atoms with Crippen molar-refractivity contribution < 1.29 is 13.3 Å². The van der Waals surface area contributed by atoms with E-state index < -0.39 is 26.8 Å². The quantitative estimate of drug-likeness (QED) is 0.669. The molecule has 19 heavy (non-hydrogen) atoms. The average Bonchev–Trinajstić information content (AvgIpc) is 2.76. The van der Waals surface area contributed by atoms with Gasteiger partial charge in [-0.1, -0.05) is 11.6 Å². The van der Waals surface area contributed by atoms with Crippen LogP contribution in [0.4, 0.5) is 5.69 Å². The van der Waals surface area contributed by atoms with Gasteiger partial charge in [0.15, 0.2) is 0 Å². The fourth-order valence-corrected chi connectivity index (χ4v) is 3.78. The molecule has 0 aromatic heterocycles. The fourth-order valence-electron chi connectivity index (χ4n) is 1.99. The van der Waals surface area contributed by atoms with Gasteiger partial charge in [0.2, 0.25) is 10.0 Å². The molecule has 0 radical (unpaired) electrons. The standard InChI is InChI=1S/C10H12ClN3O4S/c11-8-4-3-7(6-9(8)14(15)16)19(17,18)13-5-1-2-10(13)12/h3-4,6,10H,1-2,5,12H2. The molecule has 104 valence electrons. The van der Waals surface area contributed by atoms with Crippen LogP contribution in [-0.4, -0.2) is 30.4 Å². The molecular weight excluding hydrogens is 294 g/mol. The average molecular weight is 306 g/mol. The van der Waals surface area contributed by atoms with Gasteiger partial charge >= 0.3 is 0 Å². The summed E-state index contributed by atoms with van der Waals surface area (Å²) in [5.74, 6) is 0. The lowest BCUT2D eigenvalue weighted by molar-refractivity contribution is -0.384. The summed E-state index contributed by atoms with van der Waals surface area (Å²) in [5.41, 5.74) is 5.28. The Kier molecular flexibility index (Phi) is 3.77. The highest BCUT2D eigenvalue weighted by Gasteiger charge is 2.34. The first-order chi connectivity index (χ1) is 8.84. The number of nitro benzene ring substituents is 1. The Hall–Kier alpha value is -1.22. The maximum absolute atomic E-state index is 12.3. The molecule has 1 aromatic carbocycles. The maximum Gasteiger partial charge on any atom is 0.289 e. The molecular formula is C10H12ClN3O4S. The molecule has 1 aliphatic heterocycles. The third-order valence-electron chi connectivity index (χ3n) is 2.97. The van der Waals surface area contributed by atoms with E-state index in [0.29, 0.717) is 19.4 Å². The minimum Gasteiger partial charge on any atom is -0.315 e. The van der Waals surface area contributed by atoms with Crippen LogP contribution in [0.15, 0.2) is 23.1 Å². The molecule has 1 atom stereocenters. The van der Waals surface area contributed by atoms with Crippen LogP contribution < -0.4 is 5.73 Å². The highest BCUT2D eigenvalue weighted by Crippen LogP contribution is 2.30. The van der Waals surface area contributed by atoms with Gasteiger partial charge in [0, 0.05) is 12.6 Å². The maximum atomic E-state index is 12.3. The molecule has 0 amide bonds. The van der Waals surface area contributed by atoms with Gasteiger partial charge in [0.05, 0.1) is 16.0 Å². The zero-order valence-corrected chi connectivity index (χ0v) is 11.4. The number of sulfonamides is 1. The Morgan fingerprint density at radius 1 is 1.47 bits per heavy atom. The van der Waals surface area contributed by atoms with Crippen LogP contribution in [0.3, 0.4) is 0 Å². The van der Waals surface area contributed by atoms with E-state index in [1.807, 2.05) is 0 Å². The minimum absolute atomic E-state index is 0.102. The summed E-state index contributed by atoms with van der Waals surface area (Å²) in [6, 6.07) is 3.41. The molecule has 0 bridgehead atoms. The van der Waals surface area contributed by atoms with Crippen LogP contribution >= 0.6 is 11.6 Å². The van der Waals surface area contributed by atoms with E-state index in [1.54, 1.807) is 0 Å². The first-order valence-electron chi connectivity index (χ1n) is 5.55. The zero-order valence-electron chi connectivity index (χ0n) is 9.82. The van der Waals surface area contributed by atoms with Crippen LogP contribution in [0, 0.1) is 10.1 Å². The molecule has 0 spiro atoms. The number of hydrogen-bond acceptors (Lipinski definition) is 5. The van der Waals surface area contributed by atoms with Crippen molar-refractivity contribution in [3.05, 3.63) is 33.3 Å². The third kappa shape index (κ3) is 2.57. The van der Waals surface area contributed by atoms with Gasteiger partial charge in [-0.3, -0.25) is 10.1 Å². The Morgan fingerprint density at radius 2 is 2.16 bits per heavy atom. The van der Waals surface area contributed by atoms with Gasteiger partial charge in [-0.25, -0.2) is 8.42 Å². The van der Waals surface area contributed by atoms with Crippen molar-refractivity contribution in [3.8, 4) is 0 Å². The molecule has 9 heteroatoms. The SMILES string of the molecule is NC1CCCN1S(=O)(=O)c1ccc(Cl)c([N+](=O)[O-])c1. The summed E-state index contributed by atoms with van der Waals surface area (Å²) >= 11 is 5.65. The number of rotatable bonds is 3. The molecule has 1 fully saturated rings.